The van der Waals surface area contributed by atoms with Crippen LogP contribution in [0, 0.1) is 0 Å². The van der Waals surface area contributed by atoms with Crippen molar-refractivity contribution < 1.29 is 4.74 Å². The summed E-state index contributed by atoms with van der Waals surface area (Å²) < 4.78 is 5.81. The summed E-state index contributed by atoms with van der Waals surface area (Å²) in [6, 6.07) is 2.14. The minimum Gasteiger partial charge on any atom is -0.489 e. The fraction of sp³-hybridized carbons (Fsp3) is 0.643. The molecule has 0 aromatic carbocycles. The lowest BCUT2D eigenvalue weighted by Crippen LogP contribution is -2.20. The molecular weight excluding hydrogens is 212 g/mol. The first-order valence-corrected chi connectivity index (χ1v) is 6.22. The molecule has 17 heavy (non-hydrogen) atoms. The highest BCUT2D eigenvalue weighted by Gasteiger charge is 2.26. The third-order valence-corrected chi connectivity index (χ3v) is 2.90. The highest BCUT2D eigenvalue weighted by Crippen LogP contribution is 2.34. The minimum absolute atomic E-state index is 0.0789. The van der Waals surface area contributed by atoms with Gasteiger partial charge in [-0.25, -0.2) is 4.98 Å². The van der Waals surface area contributed by atoms with Crippen molar-refractivity contribution >= 4 is 5.82 Å². The van der Waals surface area contributed by atoms with E-state index in [0.717, 1.165) is 11.6 Å². The number of aromatic nitrogens is 1. The van der Waals surface area contributed by atoms with Crippen molar-refractivity contribution in [3.05, 3.63) is 17.8 Å². The lowest BCUT2D eigenvalue weighted by atomic mass is 9.87. The van der Waals surface area contributed by atoms with Gasteiger partial charge < -0.3 is 9.64 Å². The number of ether oxygens (including phenoxy) is 1. The van der Waals surface area contributed by atoms with Crippen molar-refractivity contribution in [2.24, 2.45) is 0 Å². The molecule has 0 spiro atoms. The van der Waals surface area contributed by atoms with Crippen LogP contribution in [-0.4, -0.2) is 25.2 Å². The zero-order valence-electron chi connectivity index (χ0n) is 11.4. The van der Waals surface area contributed by atoms with E-state index in [0.29, 0.717) is 6.10 Å². The average Bonchev–Trinajstić information content (AvgIpc) is 3.00. The van der Waals surface area contributed by atoms with Crippen molar-refractivity contribution in [3.8, 4) is 5.75 Å². The molecule has 1 aromatic heterocycles. The van der Waals surface area contributed by atoms with E-state index in [4.69, 9.17) is 4.74 Å². The van der Waals surface area contributed by atoms with Crippen LogP contribution < -0.4 is 9.64 Å². The largest absolute Gasteiger partial charge is 0.489 e. The number of anilines is 1. The Morgan fingerprint density at radius 1 is 1.29 bits per heavy atom. The maximum atomic E-state index is 5.81. The van der Waals surface area contributed by atoms with Crippen LogP contribution in [-0.2, 0) is 5.41 Å². The van der Waals surface area contributed by atoms with E-state index in [-0.39, 0.29) is 5.41 Å². The molecule has 3 nitrogen and oxygen atoms in total. The van der Waals surface area contributed by atoms with E-state index >= 15 is 0 Å². The molecule has 0 radical (unpaired) electrons. The molecule has 0 N–H and O–H groups in total. The van der Waals surface area contributed by atoms with Crippen molar-refractivity contribution in [1.82, 2.24) is 4.98 Å². The van der Waals surface area contributed by atoms with E-state index in [1.54, 1.807) is 0 Å². The molecule has 1 aromatic rings. The summed E-state index contributed by atoms with van der Waals surface area (Å²) in [5.41, 5.74) is 1.32. The Bertz CT molecular complexity index is 403. The van der Waals surface area contributed by atoms with Gasteiger partial charge in [-0.1, -0.05) is 20.8 Å². The smallest absolute Gasteiger partial charge is 0.138 e. The Balaban J connectivity index is 2.34. The van der Waals surface area contributed by atoms with Gasteiger partial charge in [0.1, 0.15) is 11.6 Å². The SMILES string of the molecule is CN(C)c1ncc(OC2CC2)cc1C(C)(C)C. The maximum absolute atomic E-state index is 5.81. The van der Waals surface area contributed by atoms with Crippen LogP contribution in [0.25, 0.3) is 0 Å². The van der Waals surface area contributed by atoms with Gasteiger partial charge in [0.05, 0.1) is 12.3 Å². The fourth-order valence-corrected chi connectivity index (χ4v) is 1.79. The molecule has 1 saturated carbocycles. The molecular formula is C14H22N2O. The molecule has 1 aliphatic carbocycles. The van der Waals surface area contributed by atoms with Gasteiger partial charge in [0.15, 0.2) is 0 Å². The summed E-state index contributed by atoms with van der Waals surface area (Å²) in [5, 5.41) is 0. The number of pyridine rings is 1. The second-order valence-corrected chi connectivity index (χ2v) is 6.00. The van der Waals surface area contributed by atoms with Crippen LogP contribution in [0.2, 0.25) is 0 Å². The van der Waals surface area contributed by atoms with Gasteiger partial charge in [-0.05, 0) is 24.3 Å². The normalized spacial score (nSPS) is 15.8. The molecule has 1 heterocycles. The van der Waals surface area contributed by atoms with Crippen LogP contribution in [0.3, 0.4) is 0 Å². The number of nitrogens with zero attached hydrogens (tertiary/aromatic N) is 2. The number of rotatable bonds is 3. The predicted octanol–water partition coefficient (Wildman–Crippen LogP) is 2.99. The highest BCUT2D eigenvalue weighted by atomic mass is 16.5. The van der Waals surface area contributed by atoms with Gasteiger partial charge in [-0.15, -0.1) is 0 Å². The molecule has 0 amide bonds. The van der Waals surface area contributed by atoms with E-state index in [1.807, 2.05) is 20.3 Å². The summed E-state index contributed by atoms with van der Waals surface area (Å²) in [7, 11) is 4.05. The van der Waals surface area contributed by atoms with E-state index in [9.17, 15) is 0 Å². The molecule has 0 atom stereocenters. The average molecular weight is 234 g/mol. The van der Waals surface area contributed by atoms with Gasteiger partial charge in [-0.3, -0.25) is 0 Å². The topological polar surface area (TPSA) is 25.4 Å². The van der Waals surface area contributed by atoms with Crippen molar-refractivity contribution in [1.29, 1.82) is 0 Å². The molecule has 1 fully saturated rings. The monoisotopic (exact) mass is 234 g/mol. The van der Waals surface area contributed by atoms with Gasteiger partial charge in [0, 0.05) is 19.7 Å². The molecule has 0 bridgehead atoms. The molecule has 0 aliphatic heterocycles. The Morgan fingerprint density at radius 2 is 1.94 bits per heavy atom. The third-order valence-electron chi connectivity index (χ3n) is 2.90. The maximum Gasteiger partial charge on any atom is 0.138 e. The van der Waals surface area contributed by atoms with E-state index in [1.165, 1.54) is 18.4 Å². The second-order valence-electron chi connectivity index (χ2n) is 6.00. The zero-order valence-corrected chi connectivity index (χ0v) is 11.4. The van der Waals surface area contributed by atoms with Gasteiger partial charge in [-0.2, -0.15) is 0 Å². The quantitative estimate of drug-likeness (QED) is 0.804. The first-order chi connectivity index (χ1) is 7.88. The highest BCUT2D eigenvalue weighted by molar-refractivity contribution is 5.51. The van der Waals surface area contributed by atoms with E-state index in [2.05, 4.69) is 36.7 Å². The molecule has 2 rings (SSSR count). The first-order valence-electron chi connectivity index (χ1n) is 6.22. The Kier molecular flexibility index (Phi) is 3.02. The van der Waals surface area contributed by atoms with Crippen molar-refractivity contribution in [2.45, 2.75) is 45.1 Å². The Hall–Kier alpha value is -1.25. The molecule has 0 unspecified atom stereocenters. The van der Waals surface area contributed by atoms with Gasteiger partial charge in [0.25, 0.3) is 0 Å². The van der Waals surface area contributed by atoms with Crippen LogP contribution >= 0.6 is 0 Å². The summed E-state index contributed by atoms with van der Waals surface area (Å²) in [6.07, 6.45) is 4.62. The minimum atomic E-state index is 0.0789. The lowest BCUT2D eigenvalue weighted by molar-refractivity contribution is 0.301. The third kappa shape index (κ3) is 2.90. The van der Waals surface area contributed by atoms with Crippen LogP contribution in [0.15, 0.2) is 12.3 Å². The summed E-state index contributed by atoms with van der Waals surface area (Å²) in [6.45, 7) is 6.62. The molecule has 1 aliphatic rings. The Labute approximate surface area is 104 Å². The van der Waals surface area contributed by atoms with Crippen molar-refractivity contribution in [3.63, 3.8) is 0 Å². The Morgan fingerprint density at radius 3 is 2.41 bits per heavy atom. The second kappa shape index (κ2) is 4.21. The predicted molar refractivity (Wildman–Crippen MR) is 70.9 cm³/mol. The number of hydrogen-bond donors (Lipinski definition) is 0. The van der Waals surface area contributed by atoms with Gasteiger partial charge >= 0.3 is 0 Å². The molecule has 0 saturated heterocycles. The fourth-order valence-electron chi connectivity index (χ4n) is 1.79. The molecule has 3 heteroatoms. The molecule has 94 valence electrons. The standard InChI is InChI=1S/C14H22N2O/c1-14(2,3)12-8-11(17-10-6-7-10)9-15-13(12)16(4)5/h8-10H,6-7H2,1-5H3. The van der Waals surface area contributed by atoms with Crippen LogP contribution in [0.4, 0.5) is 5.82 Å². The summed E-state index contributed by atoms with van der Waals surface area (Å²) in [5.74, 6) is 1.93. The summed E-state index contributed by atoms with van der Waals surface area (Å²) >= 11 is 0. The van der Waals surface area contributed by atoms with Crippen molar-refractivity contribution in [2.75, 3.05) is 19.0 Å². The zero-order chi connectivity index (χ0) is 12.6. The van der Waals surface area contributed by atoms with Crippen LogP contribution in [0.5, 0.6) is 5.75 Å². The van der Waals surface area contributed by atoms with E-state index < -0.39 is 0 Å². The van der Waals surface area contributed by atoms with Crippen LogP contribution in [0.1, 0.15) is 39.2 Å². The lowest BCUT2D eigenvalue weighted by Gasteiger charge is -2.26. The summed E-state index contributed by atoms with van der Waals surface area (Å²) in [4.78, 5) is 6.58. The van der Waals surface area contributed by atoms with Gasteiger partial charge in [0.2, 0.25) is 0 Å². The number of hydrogen-bond acceptors (Lipinski definition) is 3. The first kappa shape index (κ1) is 12.2.